The number of para-hydroxylation sites is 1. The summed E-state index contributed by atoms with van der Waals surface area (Å²) in [4.78, 5) is 25.2. The van der Waals surface area contributed by atoms with Crippen LogP contribution in [0.5, 0.6) is 0 Å². The molecular formula is C16H18N2O3. The van der Waals surface area contributed by atoms with E-state index in [2.05, 4.69) is 11.2 Å². The van der Waals surface area contributed by atoms with E-state index in [0.717, 1.165) is 0 Å². The highest BCUT2D eigenvalue weighted by atomic mass is 16.4. The number of carboxylic acids is 1. The molecule has 110 valence electrons. The van der Waals surface area contributed by atoms with E-state index in [1.807, 2.05) is 6.92 Å². The highest BCUT2D eigenvalue weighted by Gasteiger charge is 2.32. The molecule has 5 heteroatoms. The van der Waals surface area contributed by atoms with E-state index in [-0.39, 0.29) is 12.1 Å². The van der Waals surface area contributed by atoms with E-state index in [1.54, 1.807) is 29.2 Å². The number of nitrogens with zero attached hydrogens (tertiary/aromatic N) is 1. The van der Waals surface area contributed by atoms with E-state index in [0.29, 0.717) is 30.6 Å². The molecule has 1 aliphatic rings. The van der Waals surface area contributed by atoms with Gasteiger partial charge in [-0.2, -0.15) is 0 Å². The van der Waals surface area contributed by atoms with E-state index >= 15 is 0 Å². The van der Waals surface area contributed by atoms with Gasteiger partial charge in [-0.05, 0) is 25.0 Å². The van der Waals surface area contributed by atoms with Crippen LogP contribution in [0.25, 0.3) is 0 Å². The van der Waals surface area contributed by atoms with E-state index in [9.17, 15) is 14.7 Å². The van der Waals surface area contributed by atoms with Crippen LogP contribution in [0.15, 0.2) is 24.3 Å². The molecule has 2 atom stereocenters. The fraction of sp³-hybridized carbons (Fsp3) is 0.375. The van der Waals surface area contributed by atoms with Gasteiger partial charge in [0.1, 0.15) is 0 Å². The maximum atomic E-state index is 12.3. The van der Waals surface area contributed by atoms with Gasteiger partial charge in [-0.15, -0.1) is 12.3 Å². The molecule has 1 aliphatic heterocycles. The number of nitrogens with one attached hydrogen (secondary N) is 1. The number of carboxylic acid groups (broad SMARTS) is 1. The average molecular weight is 286 g/mol. The second kappa shape index (κ2) is 6.31. The Hall–Kier alpha value is -2.48. The van der Waals surface area contributed by atoms with Crippen molar-refractivity contribution in [1.82, 2.24) is 5.32 Å². The predicted molar refractivity (Wildman–Crippen MR) is 80.2 cm³/mol. The first-order valence-corrected chi connectivity index (χ1v) is 6.87. The lowest BCUT2D eigenvalue weighted by atomic mass is 9.90. The Morgan fingerprint density at radius 2 is 2.24 bits per heavy atom. The summed E-state index contributed by atoms with van der Waals surface area (Å²) in [5, 5.41) is 12.1. The zero-order valence-electron chi connectivity index (χ0n) is 11.9. The second-order valence-corrected chi connectivity index (χ2v) is 5.15. The number of anilines is 1. The molecule has 1 aromatic rings. The molecule has 2 N–H and O–H groups in total. The summed E-state index contributed by atoms with van der Waals surface area (Å²) in [5.41, 5.74) is 1.33. The van der Waals surface area contributed by atoms with E-state index in [4.69, 9.17) is 6.42 Å². The summed E-state index contributed by atoms with van der Waals surface area (Å²) in [6.07, 6.45) is 6.09. The third-order valence-electron chi connectivity index (χ3n) is 3.58. The number of carbonyl (C=O) groups excluding carboxylic acids is 1. The summed E-state index contributed by atoms with van der Waals surface area (Å²) in [5.74, 6) is 1.09. The van der Waals surface area contributed by atoms with Crippen LogP contribution in [0, 0.1) is 12.3 Å². The number of urea groups is 1. The second-order valence-electron chi connectivity index (χ2n) is 5.15. The average Bonchev–Trinajstić information content (AvgIpc) is 2.45. The Bertz CT molecular complexity index is 591. The summed E-state index contributed by atoms with van der Waals surface area (Å²) in [6, 6.07) is 6.76. The monoisotopic (exact) mass is 286 g/mol. The topological polar surface area (TPSA) is 69.6 Å². The fourth-order valence-electron chi connectivity index (χ4n) is 2.55. The van der Waals surface area contributed by atoms with Crippen molar-refractivity contribution < 1.29 is 14.7 Å². The Labute approximate surface area is 124 Å². The Balaban J connectivity index is 2.23. The fourth-order valence-corrected chi connectivity index (χ4v) is 2.55. The van der Waals surface area contributed by atoms with Crippen molar-refractivity contribution in [3.05, 3.63) is 29.8 Å². The number of aliphatic carboxylic acids is 1. The van der Waals surface area contributed by atoms with E-state index < -0.39 is 11.9 Å². The van der Waals surface area contributed by atoms with Crippen molar-refractivity contribution in [2.24, 2.45) is 0 Å². The molecule has 0 aliphatic carbocycles. The smallest absolute Gasteiger partial charge is 0.322 e. The summed E-state index contributed by atoms with van der Waals surface area (Å²) < 4.78 is 0. The lowest BCUT2D eigenvalue weighted by molar-refractivity contribution is -0.139. The molecule has 0 bridgehead atoms. The van der Waals surface area contributed by atoms with Crippen molar-refractivity contribution in [2.45, 2.75) is 31.7 Å². The first kappa shape index (κ1) is 14.9. The molecule has 2 rings (SSSR count). The van der Waals surface area contributed by atoms with Crippen LogP contribution in [0.2, 0.25) is 0 Å². The zero-order valence-corrected chi connectivity index (χ0v) is 11.9. The third-order valence-corrected chi connectivity index (χ3v) is 3.58. The summed E-state index contributed by atoms with van der Waals surface area (Å²) in [6.45, 7) is 2.22. The normalized spacial score (nSPS) is 18.3. The minimum atomic E-state index is -0.858. The Kier molecular flexibility index (Phi) is 4.49. The van der Waals surface area contributed by atoms with Crippen LogP contribution in [0.1, 0.15) is 31.2 Å². The number of hydrogen-bond acceptors (Lipinski definition) is 2. The first-order chi connectivity index (χ1) is 10.0. The Morgan fingerprint density at radius 1 is 1.52 bits per heavy atom. The number of amides is 2. The van der Waals surface area contributed by atoms with Crippen molar-refractivity contribution in [3.8, 4) is 12.3 Å². The summed E-state index contributed by atoms with van der Waals surface area (Å²) in [7, 11) is 0. The molecule has 0 radical (unpaired) electrons. The van der Waals surface area contributed by atoms with Gasteiger partial charge in [-0.1, -0.05) is 18.2 Å². The lowest BCUT2D eigenvalue weighted by Crippen LogP contribution is -2.47. The third kappa shape index (κ3) is 3.16. The predicted octanol–water partition coefficient (Wildman–Crippen LogP) is 2.19. The standard InChI is InChI=1S/C16H18N2O3/c1-3-6-11(2)17-16(21)18-10-9-13(15(19)20)12-7-4-5-8-14(12)18/h1,4-5,7-8,11,13H,6,9-10H2,2H3,(H,17,21)(H,19,20). The molecule has 1 heterocycles. The number of benzene rings is 1. The number of hydrogen-bond donors (Lipinski definition) is 2. The maximum Gasteiger partial charge on any atom is 0.322 e. The van der Waals surface area contributed by atoms with Gasteiger partial charge in [-0.3, -0.25) is 9.69 Å². The molecule has 0 aromatic heterocycles. The van der Waals surface area contributed by atoms with Crippen molar-refractivity contribution in [1.29, 1.82) is 0 Å². The largest absolute Gasteiger partial charge is 0.481 e. The molecule has 0 spiro atoms. The van der Waals surface area contributed by atoms with Gasteiger partial charge in [0.25, 0.3) is 0 Å². The van der Waals surface area contributed by atoms with Gasteiger partial charge in [0.2, 0.25) is 0 Å². The molecule has 0 fully saturated rings. The number of rotatable bonds is 3. The van der Waals surface area contributed by atoms with Crippen LogP contribution < -0.4 is 10.2 Å². The highest BCUT2D eigenvalue weighted by molar-refractivity contribution is 5.95. The van der Waals surface area contributed by atoms with Gasteiger partial charge in [-0.25, -0.2) is 4.79 Å². The Morgan fingerprint density at radius 3 is 2.90 bits per heavy atom. The molecular weight excluding hydrogens is 268 g/mol. The summed E-state index contributed by atoms with van der Waals surface area (Å²) >= 11 is 0. The number of carbonyl (C=O) groups is 2. The molecule has 0 saturated carbocycles. The van der Waals surface area contributed by atoms with Gasteiger partial charge in [0.05, 0.1) is 5.92 Å². The number of fused-ring (bicyclic) bond motifs is 1. The van der Waals surface area contributed by atoms with E-state index in [1.165, 1.54) is 0 Å². The van der Waals surface area contributed by atoms with Crippen LogP contribution in [0.3, 0.4) is 0 Å². The quantitative estimate of drug-likeness (QED) is 0.837. The first-order valence-electron chi connectivity index (χ1n) is 6.87. The minimum absolute atomic E-state index is 0.119. The molecule has 1 aromatic carbocycles. The minimum Gasteiger partial charge on any atom is -0.481 e. The highest BCUT2D eigenvalue weighted by Crippen LogP contribution is 2.35. The molecule has 2 amide bonds. The van der Waals surface area contributed by atoms with Crippen LogP contribution >= 0.6 is 0 Å². The SMILES string of the molecule is C#CCC(C)NC(=O)N1CCC(C(=O)O)c2ccccc21. The zero-order chi connectivity index (χ0) is 15.4. The van der Waals surface area contributed by atoms with Crippen molar-refractivity contribution in [2.75, 3.05) is 11.4 Å². The van der Waals surface area contributed by atoms with Crippen LogP contribution in [-0.4, -0.2) is 29.7 Å². The lowest BCUT2D eigenvalue weighted by Gasteiger charge is -2.33. The van der Waals surface area contributed by atoms with Crippen LogP contribution in [0.4, 0.5) is 10.5 Å². The maximum absolute atomic E-state index is 12.3. The molecule has 21 heavy (non-hydrogen) atoms. The van der Waals surface area contributed by atoms with Crippen molar-refractivity contribution in [3.63, 3.8) is 0 Å². The molecule has 5 nitrogen and oxygen atoms in total. The number of terminal acetylenes is 1. The van der Waals surface area contributed by atoms with Gasteiger partial charge < -0.3 is 10.4 Å². The van der Waals surface area contributed by atoms with Crippen LogP contribution in [-0.2, 0) is 4.79 Å². The van der Waals surface area contributed by atoms with Gasteiger partial charge in [0, 0.05) is 24.7 Å². The van der Waals surface area contributed by atoms with Gasteiger partial charge in [0.15, 0.2) is 0 Å². The van der Waals surface area contributed by atoms with Crippen molar-refractivity contribution >= 4 is 17.7 Å². The molecule has 0 saturated heterocycles. The van der Waals surface area contributed by atoms with Gasteiger partial charge >= 0.3 is 12.0 Å². The molecule has 2 unspecified atom stereocenters.